The Labute approximate surface area is 191 Å². The van der Waals surface area contributed by atoms with Crippen LogP contribution >= 0.6 is 24.0 Å². The number of carbonyl (C=O) groups is 1. The van der Waals surface area contributed by atoms with Gasteiger partial charge < -0.3 is 30.2 Å². The van der Waals surface area contributed by atoms with Gasteiger partial charge in [-0.3, -0.25) is 4.99 Å². The second-order valence-electron chi connectivity index (χ2n) is 7.14. The first-order valence-corrected chi connectivity index (χ1v) is 9.41. The number of ether oxygens (including phenoxy) is 3. The molecule has 0 saturated heterocycles. The van der Waals surface area contributed by atoms with E-state index in [-0.39, 0.29) is 24.0 Å². The van der Waals surface area contributed by atoms with Crippen LogP contribution in [0.3, 0.4) is 0 Å². The van der Waals surface area contributed by atoms with Crippen LogP contribution in [0.1, 0.15) is 32.8 Å². The maximum Gasteiger partial charge on any atom is 0.407 e. The lowest BCUT2D eigenvalue weighted by Gasteiger charge is -2.19. The molecule has 0 spiro atoms. The van der Waals surface area contributed by atoms with E-state index in [1.54, 1.807) is 21.3 Å². The van der Waals surface area contributed by atoms with Crippen molar-refractivity contribution >= 4 is 36.0 Å². The lowest BCUT2D eigenvalue weighted by atomic mass is 10.1. The molecule has 8 nitrogen and oxygen atoms in total. The zero-order chi connectivity index (χ0) is 21.0. The number of nitrogens with zero attached hydrogens (tertiary/aromatic N) is 1. The fourth-order valence-electron chi connectivity index (χ4n) is 2.41. The summed E-state index contributed by atoms with van der Waals surface area (Å²) in [5.41, 5.74) is 0.575. The van der Waals surface area contributed by atoms with Gasteiger partial charge in [0, 0.05) is 26.7 Å². The standard InChI is InChI=1S/C20H34N4O4.HI/c1-20(2,3)28-19(25)24-12-7-11-22-18(21-4)23-13-10-15-14-16(26-5)8-9-17(15)27-6;/h8-9,14H,7,10-13H2,1-6H3,(H,24,25)(H2,21,22,23);1H. The fraction of sp³-hybridized carbons (Fsp3) is 0.600. The molecule has 0 aliphatic carbocycles. The Balaban J connectivity index is 0.00000784. The molecule has 9 heteroatoms. The second-order valence-corrected chi connectivity index (χ2v) is 7.14. The number of carbonyl (C=O) groups excluding carboxylic acids is 1. The van der Waals surface area contributed by atoms with Crippen LogP contribution in [0.2, 0.25) is 0 Å². The maximum atomic E-state index is 11.6. The molecule has 0 bridgehead atoms. The van der Waals surface area contributed by atoms with Crippen molar-refractivity contribution < 1.29 is 19.0 Å². The number of rotatable bonds is 9. The van der Waals surface area contributed by atoms with E-state index in [1.165, 1.54) is 0 Å². The number of alkyl carbamates (subject to hydrolysis) is 1. The number of halogens is 1. The summed E-state index contributed by atoms with van der Waals surface area (Å²) >= 11 is 0. The van der Waals surface area contributed by atoms with E-state index < -0.39 is 11.7 Å². The van der Waals surface area contributed by atoms with Crippen molar-refractivity contribution in [2.75, 3.05) is 40.9 Å². The van der Waals surface area contributed by atoms with E-state index in [2.05, 4.69) is 20.9 Å². The highest BCUT2D eigenvalue weighted by Crippen LogP contribution is 2.24. The van der Waals surface area contributed by atoms with Gasteiger partial charge in [-0.1, -0.05) is 0 Å². The van der Waals surface area contributed by atoms with Gasteiger partial charge in [0.25, 0.3) is 0 Å². The molecule has 29 heavy (non-hydrogen) atoms. The van der Waals surface area contributed by atoms with Gasteiger partial charge in [0.05, 0.1) is 14.2 Å². The van der Waals surface area contributed by atoms with Gasteiger partial charge in [0.1, 0.15) is 17.1 Å². The van der Waals surface area contributed by atoms with Gasteiger partial charge in [-0.25, -0.2) is 4.79 Å². The molecular weight excluding hydrogens is 487 g/mol. The first-order valence-electron chi connectivity index (χ1n) is 9.41. The lowest BCUT2D eigenvalue weighted by molar-refractivity contribution is 0.0527. The lowest BCUT2D eigenvalue weighted by Crippen LogP contribution is -2.40. The van der Waals surface area contributed by atoms with Crippen molar-refractivity contribution in [2.45, 2.75) is 39.2 Å². The Morgan fingerprint density at radius 2 is 1.69 bits per heavy atom. The minimum Gasteiger partial charge on any atom is -0.497 e. The van der Waals surface area contributed by atoms with Gasteiger partial charge in [-0.15, -0.1) is 24.0 Å². The van der Waals surface area contributed by atoms with E-state index in [0.29, 0.717) is 25.6 Å². The minimum absolute atomic E-state index is 0. The summed E-state index contributed by atoms with van der Waals surface area (Å²) in [5, 5.41) is 9.22. The van der Waals surface area contributed by atoms with Crippen LogP contribution < -0.4 is 25.4 Å². The molecule has 1 amide bonds. The van der Waals surface area contributed by atoms with Crippen molar-refractivity contribution in [3.8, 4) is 11.5 Å². The number of aliphatic imine (C=N–C) groups is 1. The minimum atomic E-state index is -0.486. The summed E-state index contributed by atoms with van der Waals surface area (Å²) in [6.45, 7) is 7.41. The number of hydrogen-bond acceptors (Lipinski definition) is 5. The predicted molar refractivity (Wildman–Crippen MR) is 127 cm³/mol. The summed E-state index contributed by atoms with van der Waals surface area (Å²) < 4.78 is 15.9. The molecule has 1 rings (SSSR count). The Morgan fingerprint density at radius 3 is 2.28 bits per heavy atom. The summed E-state index contributed by atoms with van der Waals surface area (Å²) in [5.74, 6) is 2.34. The zero-order valence-electron chi connectivity index (χ0n) is 18.3. The normalized spacial score (nSPS) is 11.2. The molecule has 0 aliphatic rings. The van der Waals surface area contributed by atoms with Crippen molar-refractivity contribution in [3.63, 3.8) is 0 Å². The fourth-order valence-corrected chi connectivity index (χ4v) is 2.41. The van der Waals surface area contributed by atoms with Crippen LogP contribution in [-0.2, 0) is 11.2 Å². The van der Waals surface area contributed by atoms with Crippen molar-refractivity contribution in [3.05, 3.63) is 23.8 Å². The average Bonchev–Trinajstić information content (AvgIpc) is 2.64. The van der Waals surface area contributed by atoms with Crippen LogP contribution in [0, 0.1) is 0 Å². The molecule has 0 radical (unpaired) electrons. The Bertz CT molecular complexity index is 648. The number of amides is 1. The Kier molecular flexibility index (Phi) is 13.2. The first-order chi connectivity index (χ1) is 13.3. The molecular formula is C20H35IN4O4. The molecule has 0 saturated carbocycles. The molecule has 0 fully saturated rings. The third kappa shape index (κ3) is 11.6. The van der Waals surface area contributed by atoms with Gasteiger partial charge in [0.2, 0.25) is 0 Å². The Morgan fingerprint density at radius 1 is 1.03 bits per heavy atom. The second kappa shape index (κ2) is 14.1. The highest BCUT2D eigenvalue weighted by atomic mass is 127. The highest BCUT2D eigenvalue weighted by Gasteiger charge is 2.15. The average molecular weight is 522 g/mol. The third-order valence-corrected chi connectivity index (χ3v) is 3.71. The molecule has 0 heterocycles. The highest BCUT2D eigenvalue weighted by molar-refractivity contribution is 14.0. The molecule has 0 aliphatic heterocycles. The maximum absolute atomic E-state index is 11.6. The number of nitrogens with one attached hydrogen (secondary N) is 3. The molecule has 1 aromatic carbocycles. The van der Waals surface area contributed by atoms with E-state index in [1.807, 2.05) is 39.0 Å². The van der Waals surface area contributed by atoms with E-state index >= 15 is 0 Å². The van der Waals surface area contributed by atoms with Crippen molar-refractivity contribution in [1.29, 1.82) is 0 Å². The van der Waals surface area contributed by atoms with Crippen LogP contribution in [-0.4, -0.2) is 58.6 Å². The molecule has 0 aromatic heterocycles. The summed E-state index contributed by atoms with van der Waals surface area (Å²) in [7, 11) is 5.03. The van der Waals surface area contributed by atoms with Crippen LogP contribution in [0.5, 0.6) is 11.5 Å². The van der Waals surface area contributed by atoms with E-state index in [9.17, 15) is 4.79 Å². The SMILES string of the molecule is CN=C(NCCCNC(=O)OC(C)(C)C)NCCc1cc(OC)ccc1OC.I. The quantitative estimate of drug-likeness (QED) is 0.200. The number of hydrogen-bond donors (Lipinski definition) is 3. The van der Waals surface area contributed by atoms with Crippen LogP contribution in [0.25, 0.3) is 0 Å². The van der Waals surface area contributed by atoms with E-state index in [4.69, 9.17) is 14.2 Å². The summed E-state index contributed by atoms with van der Waals surface area (Å²) in [6.07, 6.45) is 1.12. The van der Waals surface area contributed by atoms with Gasteiger partial charge in [-0.2, -0.15) is 0 Å². The molecule has 0 unspecified atom stereocenters. The van der Waals surface area contributed by atoms with Crippen LogP contribution in [0.4, 0.5) is 4.79 Å². The van der Waals surface area contributed by atoms with Crippen LogP contribution in [0.15, 0.2) is 23.2 Å². The van der Waals surface area contributed by atoms with Gasteiger partial charge >= 0.3 is 6.09 Å². The predicted octanol–water partition coefficient (Wildman–Crippen LogP) is 2.94. The van der Waals surface area contributed by atoms with E-state index in [0.717, 1.165) is 29.9 Å². The number of benzene rings is 1. The first kappa shape index (κ1) is 27.1. The van der Waals surface area contributed by atoms with Crippen molar-refractivity contribution in [1.82, 2.24) is 16.0 Å². The molecule has 1 aromatic rings. The number of guanidine groups is 1. The smallest absolute Gasteiger partial charge is 0.407 e. The number of methoxy groups -OCH3 is 2. The van der Waals surface area contributed by atoms with Gasteiger partial charge in [-0.05, 0) is 57.4 Å². The largest absolute Gasteiger partial charge is 0.497 e. The molecule has 3 N–H and O–H groups in total. The third-order valence-electron chi connectivity index (χ3n) is 3.71. The summed E-state index contributed by atoms with van der Waals surface area (Å²) in [4.78, 5) is 15.8. The van der Waals surface area contributed by atoms with Crippen molar-refractivity contribution in [2.24, 2.45) is 4.99 Å². The molecule has 166 valence electrons. The van der Waals surface area contributed by atoms with Gasteiger partial charge in [0.15, 0.2) is 5.96 Å². The Hall–Kier alpha value is -1.91. The molecule has 0 atom stereocenters. The summed E-state index contributed by atoms with van der Waals surface area (Å²) in [6, 6.07) is 5.75. The zero-order valence-corrected chi connectivity index (χ0v) is 20.6. The topological polar surface area (TPSA) is 93.2 Å². The monoisotopic (exact) mass is 522 g/mol.